The van der Waals surface area contributed by atoms with Crippen molar-refractivity contribution in [3.05, 3.63) is 0 Å². The van der Waals surface area contributed by atoms with Gasteiger partial charge in [-0.2, -0.15) is 0 Å². The van der Waals surface area contributed by atoms with E-state index in [-0.39, 0.29) is 5.60 Å². The summed E-state index contributed by atoms with van der Waals surface area (Å²) >= 11 is 0. The van der Waals surface area contributed by atoms with Gasteiger partial charge in [0.05, 0.1) is 18.8 Å². The minimum Gasteiger partial charge on any atom is -0.379 e. The van der Waals surface area contributed by atoms with Crippen LogP contribution in [-0.2, 0) is 9.47 Å². The van der Waals surface area contributed by atoms with Crippen molar-refractivity contribution in [1.82, 2.24) is 5.32 Å². The van der Waals surface area contributed by atoms with Gasteiger partial charge in [0.1, 0.15) is 0 Å². The fraction of sp³-hybridized carbons (Fsp3) is 1.00. The van der Waals surface area contributed by atoms with Crippen LogP contribution in [0, 0.1) is 0 Å². The highest BCUT2D eigenvalue weighted by Gasteiger charge is 2.08. The number of ether oxygens (including phenoxy) is 2. The molecular weight excluding hydrogens is 190 g/mol. The van der Waals surface area contributed by atoms with Crippen molar-refractivity contribution in [3.63, 3.8) is 0 Å². The van der Waals surface area contributed by atoms with E-state index in [1.807, 2.05) is 0 Å². The van der Waals surface area contributed by atoms with Crippen molar-refractivity contribution >= 4 is 0 Å². The second-order valence-corrected chi connectivity index (χ2v) is 4.63. The standard InChI is InChI=1S/C12H27NO2/c1-5-13-8-6-7-9-14-10-11-15-12(2,3)4/h13H,5-11H2,1-4H3. The summed E-state index contributed by atoms with van der Waals surface area (Å²) < 4.78 is 11.0. The molecule has 0 saturated heterocycles. The van der Waals surface area contributed by atoms with Gasteiger partial charge in [0.15, 0.2) is 0 Å². The summed E-state index contributed by atoms with van der Waals surface area (Å²) in [5.74, 6) is 0. The molecule has 92 valence electrons. The highest BCUT2D eigenvalue weighted by Crippen LogP contribution is 2.05. The molecule has 0 heterocycles. The summed E-state index contributed by atoms with van der Waals surface area (Å²) in [6.07, 6.45) is 2.32. The molecule has 0 amide bonds. The van der Waals surface area contributed by atoms with E-state index in [0.717, 1.165) is 26.1 Å². The van der Waals surface area contributed by atoms with Crippen LogP contribution in [0.5, 0.6) is 0 Å². The molecule has 0 aromatic rings. The Morgan fingerprint density at radius 3 is 2.33 bits per heavy atom. The smallest absolute Gasteiger partial charge is 0.0707 e. The summed E-state index contributed by atoms with van der Waals surface area (Å²) in [7, 11) is 0. The molecule has 1 N–H and O–H groups in total. The lowest BCUT2D eigenvalue weighted by molar-refractivity contribution is -0.0351. The monoisotopic (exact) mass is 217 g/mol. The van der Waals surface area contributed by atoms with Crippen LogP contribution in [0.1, 0.15) is 40.5 Å². The van der Waals surface area contributed by atoms with Gasteiger partial charge >= 0.3 is 0 Å². The molecule has 0 aliphatic carbocycles. The Hall–Kier alpha value is -0.120. The third-order valence-electron chi connectivity index (χ3n) is 1.90. The highest BCUT2D eigenvalue weighted by molar-refractivity contribution is 4.57. The topological polar surface area (TPSA) is 30.5 Å². The Kier molecular flexibility index (Phi) is 9.06. The van der Waals surface area contributed by atoms with Crippen LogP contribution in [-0.4, -0.2) is 38.5 Å². The summed E-state index contributed by atoms with van der Waals surface area (Å²) in [6.45, 7) is 12.7. The van der Waals surface area contributed by atoms with Gasteiger partial charge in [0.25, 0.3) is 0 Å². The molecule has 0 atom stereocenters. The minimum absolute atomic E-state index is 0.0472. The molecule has 0 fully saturated rings. The van der Waals surface area contributed by atoms with E-state index in [9.17, 15) is 0 Å². The average molecular weight is 217 g/mol. The first-order valence-corrected chi connectivity index (χ1v) is 5.98. The molecule has 3 nitrogen and oxygen atoms in total. The zero-order valence-corrected chi connectivity index (χ0v) is 10.8. The van der Waals surface area contributed by atoms with Crippen molar-refractivity contribution in [2.24, 2.45) is 0 Å². The third kappa shape index (κ3) is 13.9. The van der Waals surface area contributed by atoms with E-state index >= 15 is 0 Å². The highest BCUT2D eigenvalue weighted by atomic mass is 16.5. The van der Waals surface area contributed by atoms with E-state index < -0.39 is 0 Å². The fourth-order valence-electron chi connectivity index (χ4n) is 1.14. The van der Waals surface area contributed by atoms with E-state index in [1.165, 1.54) is 6.42 Å². The number of rotatable bonds is 9. The second kappa shape index (κ2) is 9.13. The number of hydrogen-bond acceptors (Lipinski definition) is 3. The van der Waals surface area contributed by atoms with Crippen molar-refractivity contribution in [1.29, 1.82) is 0 Å². The van der Waals surface area contributed by atoms with Gasteiger partial charge in [-0.3, -0.25) is 0 Å². The number of hydrogen-bond donors (Lipinski definition) is 1. The van der Waals surface area contributed by atoms with Crippen molar-refractivity contribution in [3.8, 4) is 0 Å². The van der Waals surface area contributed by atoms with Gasteiger partial charge < -0.3 is 14.8 Å². The Bertz CT molecular complexity index is 132. The number of unbranched alkanes of at least 4 members (excludes halogenated alkanes) is 1. The maximum absolute atomic E-state index is 5.54. The lowest BCUT2D eigenvalue weighted by atomic mass is 10.2. The maximum Gasteiger partial charge on any atom is 0.0707 e. The first kappa shape index (κ1) is 14.9. The molecule has 0 aliphatic rings. The number of nitrogens with one attached hydrogen (secondary N) is 1. The molecule has 0 aliphatic heterocycles. The molecular formula is C12H27NO2. The van der Waals surface area contributed by atoms with Crippen LogP contribution in [0.15, 0.2) is 0 Å². The lowest BCUT2D eigenvalue weighted by Gasteiger charge is -2.19. The van der Waals surface area contributed by atoms with Gasteiger partial charge in [-0.15, -0.1) is 0 Å². The van der Waals surface area contributed by atoms with Crippen LogP contribution in [0.25, 0.3) is 0 Å². The fourth-order valence-corrected chi connectivity index (χ4v) is 1.14. The van der Waals surface area contributed by atoms with Crippen molar-refractivity contribution in [2.45, 2.75) is 46.1 Å². The molecule has 0 radical (unpaired) electrons. The molecule has 0 rings (SSSR count). The summed E-state index contributed by atoms with van der Waals surface area (Å²) in [5, 5.41) is 3.29. The van der Waals surface area contributed by atoms with Crippen molar-refractivity contribution in [2.75, 3.05) is 32.9 Å². The first-order valence-electron chi connectivity index (χ1n) is 5.98. The Morgan fingerprint density at radius 2 is 1.73 bits per heavy atom. The van der Waals surface area contributed by atoms with Crippen molar-refractivity contribution < 1.29 is 9.47 Å². The second-order valence-electron chi connectivity index (χ2n) is 4.63. The molecule has 0 spiro atoms. The summed E-state index contributed by atoms with van der Waals surface area (Å²) in [5.41, 5.74) is -0.0472. The van der Waals surface area contributed by atoms with Gasteiger partial charge in [-0.05, 0) is 46.7 Å². The Balaban J connectivity index is 2.99. The SMILES string of the molecule is CCNCCCCOCCOC(C)(C)C. The van der Waals surface area contributed by atoms with E-state index in [4.69, 9.17) is 9.47 Å². The quantitative estimate of drug-likeness (QED) is 0.601. The average Bonchev–Trinajstić information content (AvgIpc) is 2.14. The molecule has 0 bridgehead atoms. The van der Waals surface area contributed by atoms with E-state index in [2.05, 4.69) is 33.0 Å². The Labute approximate surface area is 94.5 Å². The third-order valence-corrected chi connectivity index (χ3v) is 1.90. The minimum atomic E-state index is -0.0472. The first-order chi connectivity index (χ1) is 7.06. The normalized spacial score (nSPS) is 12.0. The molecule has 0 saturated carbocycles. The zero-order valence-electron chi connectivity index (χ0n) is 10.8. The van der Waals surface area contributed by atoms with Gasteiger partial charge in [-0.1, -0.05) is 6.92 Å². The van der Waals surface area contributed by atoms with Gasteiger partial charge in [-0.25, -0.2) is 0 Å². The molecule has 15 heavy (non-hydrogen) atoms. The van der Waals surface area contributed by atoms with Crippen LogP contribution < -0.4 is 5.32 Å². The molecule has 0 aromatic heterocycles. The zero-order chi connectivity index (χ0) is 11.6. The maximum atomic E-state index is 5.54. The predicted molar refractivity (Wildman–Crippen MR) is 64.3 cm³/mol. The van der Waals surface area contributed by atoms with E-state index in [0.29, 0.717) is 13.2 Å². The Morgan fingerprint density at radius 1 is 1.00 bits per heavy atom. The lowest BCUT2D eigenvalue weighted by Crippen LogP contribution is -2.22. The van der Waals surface area contributed by atoms with Crippen LogP contribution in [0.2, 0.25) is 0 Å². The van der Waals surface area contributed by atoms with Gasteiger partial charge in [0.2, 0.25) is 0 Å². The van der Waals surface area contributed by atoms with E-state index in [1.54, 1.807) is 0 Å². The van der Waals surface area contributed by atoms with Gasteiger partial charge in [0, 0.05) is 6.61 Å². The molecule has 3 heteroatoms. The van der Waals surface area contributed by atoms with Crippen LogP contribution >= 0.6 is 0 Å². The molecule has 0 unspecified atom stereocenters. The molecule has 0 aromatic carbocycles. The summed E-state index contributed by atoms with van der Waals surface area (Å²) in [6, 6.07) is 0. The predicted octanol–water partition coefficient (Wildman–Crippen LogP) is 2.21. The van der Waals surface area contributed by atoms with Crippen LogP contribution in [0.3, 0.4) is 0 Å². The van der Waals surface area contributed by atoms with Crippen LogP contribution in [0.4, 0.5) is 0 Å². The largest absolute Gasteiger partial charge is 0.379 e. The summed E-state index contributed by atoms with van der Waals surface area (Å²) in [4.78, 5) is 0.